The average molecular weight is 715 g/mol. The summed E-state index contributed by atoms with van der Waals surface area (Å²) in [6, 6.07) is 37.0. The maximum Gasteiger partial charge on any atom is 0.351 e. The van der Waals surface area contributed by atoms with Crippen LogP contribution in [0.5, 0.6) is 0 Å². The smallest absolute Gasteiger partial charge is 0.351 e. The van der Waals surface area contributed by atoms with Gasteiger partial charge in [0.05, 0.1) is 17.2 Å². The molecule has 1 fully saturated rings. The highest BCUT2D eigenvalue weighted by Crippen LogP contribution is 2.41. The van der Waals surface area contributed by atoms with Gasteiger partial charge >= 0.3 is 5.69 Å². The standard InChI is InChI=1S/C40H38N4O7Si/c1-40(2,3)52(28-17-9-5-10-18-28,29-19-11-6-12-20-29)51-32-25-35(43-24-23-34(42-39(43)48)41-36(45)27-15-7-4-8-16-27)50-33(32)26-49-44-37(46)30-21-13-14-22-31(30)38(44)47/h4-24,32-33,35H,25-26H2,1-3H3,(H,41,42,45,48)/t32-,33+,35+/m0/s1. The Kier molecular flexibility index (Phi) is 9.55. The van der Waals surface area contributed by atoms with E-state index in [2.05, 4.69) is 55.3 Å². The van der Waals surface area contributed by atoms with Gasteiger partial charge in [0.1, 0.15) is 24.8 Å². The number of aromatic nitrogens is 2. The minimum absolute atomic E-state index is 0.0960. The number of carbonyl (C=O) groups excluding carboxylic acids is 3. The highest BCUT2D eigenvalue weighted by atomic mass is 28.4. The first-order chi connectivity index (χ1) is 25.1. The lowest BCUT2D eigenvalue weighted by Gasteiger charge is -2.45. The van der Waals surface area contributed by atoms with Crippen molar-refractivity contribution in [2.24, 2.45) is 0 Å². The predicted molar refractivity (Wildman–Crippen MR) is 197 cm³/mol. The Hall–Kier alpha value is -5.53. The van der Waals surface area contributed by atoms with Crippen LogP contribution < -0.4 is 21.4 Å². The highest BCUT2D eigenvalue weighted by Gasteiger charge is 2.54. The SMILES string of the molecule is CC(C)(C)[Si](O[C@H]1C[C@H](n2ccc(NC(=O)c3ccccc3)nc2=O)O[C@@H]1CON1C(=O)c2ccccc2C1=O)(c1ccccc1)c1ccccc1. The quantitative estimate of drug-likeness (QED) is 0.159. The molecule has 1 N–H and O–H groups in total. The number of imide groups is 1. The average Bonchev–Trinajstić information content (AvgIpc) is 3.66. The van der Waals surface area contributed by atoms with Crippen molar-refractivity contribution < 1.29 is 28.4 Å². The van der Waals surface area contributed by atoms with Gasteiger partial charge in [-0.3, -0.25) is 23.8 Å². The number of fused-ring (bicyclic) bond motifs is 1. The number of hydrogen-bond donors (Lipinski definition) is 1. The third kappa shape index (κ3) is 6.53. The van der Waals surface area contributed by atoms with Crippen LogP contribution in [-0.2, 0) is 14.0 Å². The van der Waals surface area contributed by atoms with Gasteiger partial charge in [-0.15, -0.1) is 5.06 Å². The molecule has 5 aromatic rings. The van der Waals surface area contributed by atoms with E-state index in [1.165, 1.54) is 16.8 Å². The molecule has 264 valence electrons. The van der Waals surface area contributed by atoms with Gasteiger partial charge in [0.25, 0.3) is 26.0 Å². The van der Waals surface area contributed by atoms with Crippen LogP contribution in [-0.4, -0.2) is 59.5 Å². The zero-order valence-corrected chi connectivity index (χ0v) is 30.0. The second-order valence-electron chi connectivity index (χ2n) is 13.8. The predicted octanol–water partition coefficient (Wildman–Crippen LogP) is 4.96. The number of hydrogen-bond acceptors (Lipinski definition) is 8. The number of benzene rings is 4. The molecule has 1 aromatic heterocycles. The van der Waals surface area contributed by atoms with Gasteiger partial charge in [0.15, 0.2) is 0 Å². The molecule has 3 amide bonds. The summed E-state index contributed by atoms with van der Waals surface area (Å²) in [5, 5.41) is 5.16. The summed E-state index contributed by atoms with van der Waals surface area (Å²) >= 11 is 0. The monoisotopic (exact) mass is 714 g/mol. The molecule has 1 saturated heterocycles. The molecule has 0 unspecified atom stereocenters. The molecule has 7 rings (SSSR count). The number of ether oxygens (including phenoxy) is 1. The maximum atomic E-state index is 13.5. The van der Waals surface area contributed by atoms with E-state index in [1.54, 1.807) is 54.6 Å². The van der Waals surface area contributed by atoms with Crippen LogP contribution in [0, 0.1) is 0 Å². The van der Waals surface area contributed by atoms with Crippen LogP contribution in [0.1, 0.15) is 64.5 Å². The molecule has 3 atom stereocenters. The first-order valence-corrected chi connectivity index (χ1v) is 19.0. The summed E-state index contributed by atoms with van der Waals surface area (Å²) < 4.78 is 15.3. The Labute approximate surface area is 301 Å². The fraction of sp³-hybridized carbons (Fsp3) is 0.225. The first kappa shape index (κ1) is 34.9. The van der Waals surface area contributed by atoms with E-state index >= 15 is 0 Å². The molecule has 0 aliphatic carbocycles. The van der Waals surface area contributed by atoms with Crippen molar-refractivity contribution in [1.82, 2.24) is 14.6 Å². The topological polar surface area (TPSA) is 129 Å². The lowest BCUT2D eigenvalue weighted by atomic mass is 10.1. The fourth-order valence-electron chi connectivity index (χ4n) is 6.98. The first-order valence-electron chi connectivity index (χ1n) is 17.1. The number of nitrogens with zero attached hydrogens (tertiary/aromatic N) is 3. The summed E-state index contributed by atoms with van der Waals surface area (Å²) in [4.78, 5) is 62.7. The summed E-state index contributed by atoms with van der Waals surface area (Å²) in [6.45, 7) is 6.27. The van der Waals surface area contributed by atoms with E-state index < -0.39 is 50.2 Å². The normalized spacial score (nSPS) is 18.8. The zero-order valence-electron chi connectivity index (χ0n) is 29.0. The number of anilines is 1. The molecular weight excluding hydrogens is 677 g/mol. The molecule has 2 aliphatic rings. The van der Waals surface area contributed by atoms with E-state index in [4.69, 9.17) is 14.0 Å². The van der Waals surface area contributed by atoms with Crippen molar-refractivity contribution in [2.75, 3.05) is 11.9 Å². The molecule has 52 heavy (non-hydrogen) atoms. The molecule has 0 radical (unpaired) electrons. The molecule has 4 aromatic carbocycles. The summed E-state index contributed by atoms with van der Waals surface area (Å²) in [7, 11) is -3.13. The molecule has 2 aliphatic heterocycles. The minimum Gasteiger partial charge on any atom is -0.402 e. The van der Waals surface area contributed by atoms with Crippen molar-refractivity contribution >= 4 is 42.2 Å². The fourth-order valence-corrected chi connectivity index (χ4v) is 11.7. The Bertz CT molecular complexity index is 2080. The van der Waals surface area contributed by atoms with E-state index in [1.807, 2.05) is 36.4 Å². The van der Waals surface area contributed by atoms with Crippen LogP contribution >= 0.6 is 0 Å². The Morgan fingerprint density at radius 2 is 1.35 bits per heavy atom. The van der Waals surface area contributed by atoms with Gasteiger partial charge in [-0.1, -0.05) is 112 Å². The summed E-state index contributed by atoms with van der Waals surface area (Å²) in [5.41, 5.74) is 0.309. The molecule has 12 heteroatoms. The number of amides is 3. The van der Waals surface area contributed by atoms with E-state index in [9.17, 15) is 19.2 Å². The summed E-state index contributed by atoms with van der Waals surface area (Å²) in [5.74, 6) is -1.42. The molecule has 11 nitrogen and oxygen atoms in total. The minimum atomic E-state index is -3.13. The van der Waals surface area contributed by atoms with Crippen LogP contribution in [0.3, 0.4) is 0 Å². The number of hydroxylamine groups is 2. The van der Waals surface area contributed by atoms with Gasteiger partial charge in [-0.25, -0.2) is 4.79 Å². The van der Waals surface area contributed by atoms with Crippen LogP contribution in [0.4, 0.5) is 5.82 Å². The van der Waals surface area contributed by atoms with Gasteiger partial charge in [-0.05, 0) is 45.7 Å². The van der Waals surface area contributed by atoms with Crippen LogP contribution in [0.25, 0.3) is 0 Å². The molecule has 0 saturated carbocycles. The Morgan fingerprint density at radius 1 is 0.808 bits per heavy atom. The zero-order chi connectivity index (χ0) is 36.5. The van der Waals surface area contributed by atoms with Crippen LogP contribution in [0.15, 0.2) is 132 Å². The maximum absolute atomic E-state index is 13.5. The van der Waals surface area contributed by atoms with Gasteiger partial charge in [0.2, 0.25) is 0 Å². The lowest BCUT2D eigenvalue weighted by Crippen LogP contribution is -2.68. The van der Waals surface area contributed by atoms with Crippen LogP contribution in [0.2, 0.25) is 5.04 Å². The van der Waals surface area contributed by atoms with Crippen molar-refractivity contribution in [2.45, 2.75) is 50.7 Å². The van der Waals surface area contributed by atoms with Gasteiger partial charge in [0, 0.05) is 18.2 Å². The number of rotatable bonds is 10. The van der Waals surface area contributed by atoms with Crippen molar-refractivity contribution in [3.05, 3.63) is 155 Å². The lowest BCUT2D eigenvalue weighted by molar-refractivity contribution is -0.139. The summed E-state index contributed by atoms with van der Waals surface area (Å²) in [6.07, 6.45) is -0.528. The molecule has 0 bridgehead atoms. The largest absolute Gasteiger partial charge is 0.402 e. The van der Waals surface area contributed by atoms with E-state index in [-0.39, 0.29) is 35.0 Å². The van der Waals surface area contributed by atoms with E-state index in [0.29, 0.717) is 5.56 Å². The van der Waals surface area contributed by atoms with Gasteiger partial charge < -0.3 is 14.5 Å². The second-order valence-corrected chi connectivity index (χ2v) is 18.0. The van der Waals surface area contributed by atoms with Gasteiger partial charge in [-0.2, -0.15) is 4.98 Å². The second kappa shape index (κ2) is 14.2. The Morgan fingerprint density at radius 3 is 1.88 bits per heavy atom. The highest BCUT2D eigenvalue weighted by molar-refractivity contribution is 6.99. The molecule has 3 heterocycles. The third-order valence-corrected chi connectivity index (χ3v) is 14.5. The number of nitrogens with one attached hydrogen (secondary N) is 1. The van der Waals surface area contributed by atoms with Crippen molar-refractivity contribution in [1.29, 1.82) is 0 Å². The third-order valence-electron chi connectivity index (χ3n) is 9.47. The number of carbonyl (C=O) groups is 3. The van der Waals surface area contributed by atoms with E-state index in [0.717, 1.165) is 15.4 Å². The molecular formula is C40H38N4O7Si. The van der Waals surface area contributed by atoms with Crippen molar-refractivity contribution in [3.63, 3.8) is 0 Å². The molecule has 0 spiro atoms. The Balaban J connectivity index is 1.22. The van der Waals surface area contributed by atoms with Crippen molar-refractivity contribution in [3.8, 4) is 0 Å².